The normalized spacial score (nSPS) is 14.4. The lowest BCUT2D eigenvalue weighted by Crippen LogP contribution is -2.30. The minimum absolute atomic E-state index is 0.106. The van der Waals surface area contributed by atoms with E-state index in [0.29, 0.717) is 31.6 Å². The van der Waals surface area contributed by atoms with Crippen LogP contribution in [0.1, 0.15) is 460 Å². The molecular weight excluding hydrogens is 1390 g/mol. The number of aliphatic hydroxyl groups is 1. The molecule has 0 spiro atoms. The minimum atomic E-state index is -4.97. The van der Waals surface area contributed by atoms with Gasteiger partial charge in [-0.1, -0.05) is 409 Å². The molecule has 0 amide bonds. The van der Waals surface area contributed by atoms with Crippen molar-refractivity contribution < 1.29 is 80.2 Å². The van der Waals surface area contributed by atoms with Gasteiger partial charge in [0.05, 0.1) is 26.4 Å². The average molecular weight is 1560 g/mol. The van der Waals surface area contributed by atoms with Gasteiger partial charge in [-0.15, -0.1) is 0 Å². The Labute approximate surface area is 658 Å². The molecule has 636 valence electrons. The van der Waals surface area contributed by atoms with Gasteiger partial charge in [0.15, 0.2) is 12.2 Å². The summed E-state index contributed by atoms with van der Waals surface area (Å²) in [6.07, 6.45) is 66.8. The number of phosphoric ester groups is 2. The molecule has 0 aliphatic heterocycles. The summed E-state index contributed by atoms with van der Waals surface area (Å²) in [5, 5.41) is 10.7. The first kappa shape index (κ1) is 105. The van der Waals surface area contributed by atoms with E-state index < -0.39 is 97.5 Å². The van der Waals surface area contributed by atoms with Crippen LogP contribution in [0.3, 0.4) is 0 Å². The summed E-state index contributed by atoms with van der Waals surface area (Å²) in [6, 6.07) is 0. The topological polar surface area (TPSA) is 237 Å². The summed E-state index contributed by atoms with van der Waals surface area (Å²) in [5.41, 5.74) is 0. The molecule has 0 bridgehead atoms. The van der Waals surface area contributed by atoms with Crippen molar-refractivity contribution in [3.63, 3.8) is 0 Å². The SMILES string of the molecule is CCC(C)CCCCCCCCCCCCCCCCCCCCC(=O)OC[C@H](COP(=O)(O)OCC(O)COP(=O)(O)OC[C@@H](COC(=O)CCCCCCCCCC(C)C)OC(=O)CCCCCCCCCCCCCCCCCCCCC(C)CC)OC(=O)CCCCCCCCCCCCC(C)C. The molecule has 0 aromatic carbocycles. The van der Waals surface area contributed by atoms with Gasteiger partial charge in [0.25, 0.3) is 0 Å². The molecule has 17 nitrogen and oxygen atoms in total. The first-order chi connectivity index (χ1) is 51.7. The highest BCUT2D eigenvalue weighted by molar-refractivity contribution is 7.47. The van der Waals surface area contributed by atoms with E-state index in [2.05, 4.69) is 55.4 Å². The third-order valence-corrected chi connectivity index (χ3v) is 23.2. The number of carbonyl (C=O) groups excluding carboxylic acids is 4. The van der Waals surface area contributed by atoms with Crippen LogP contribution in [0, 0.1) is 23.7 Å². The zero-order valence-corrected chi connectivity index (χ0v) is 72.6. The van der Waals surface area contributed by atoms with Crippen molar-refractivity contribution in [1.29, 1.82) is 0 Å². The van der Waals surface area contributed by atoms with Crippen LogP contribution in [0.4, 0.5) is 0 Å². The minimum Gasteiger partial charge on any atom is -0.462 e. The maximum Gasteiger partial charge on any atom is 0.472 e. The highest BCUT2D eigenvalue weighted by Gasteiger charge is 2.31. The van der Waals surface area contributed by atoms with E-state index in [1.807, 2.05) is 0 Å². The number of hydrogen-bond donors (Lipinski definition) is 3. The monoisotopic (exact) mass is 1560 g/mol. The highest BCUT2D eigenvalue weighted by Crippen LogP contribution is 2.45. The van der Waals surface area contributed by atoms with Crippen LogP contribution in [-0.4, -0.2) is 96.7 Å². The molecule has 0 fully saturated rings. The molecule has 0 aromatic rings. The molecule has 0 saturated carbocycles. The van der Waals surface area contributed by atoms with Gasteiger partial charge in [0.2, 0.25) is 0 Å². The van der Waals surface area contributed by atoms with E-state index in [9.17, 15) is 43.2 Å². The predicted molar refractivity (Wildman–Crippen MR) is 441 cm³/mol. The molecule has 5 unspecified atom stereocenters. The summed E-state index contributed by atoms with van der Waals surface area (Å²) >= 11 is 0. The van der Waals surface area contributed by atoms with Gasteiger partial charge in [-0.3, -0.25) is 37.3 Å². The number of hydrogen-bond acceptors (Lipinski definition) is 15. The second-order valence-corrected chi connectivity index (χ2v) is 36.0. The fourth-order valence-electron chi connectivity index (χ4n) is 13.6. The van der Waals surface area contributed by atoms with Gasteiger partial charge < -0.3 is 33.8 Å². The Balaban J connectivity index is 5.15. The molecular formula is C88H172O17P2. The highest BCUT2D eigenvalue weighted by atomic mass is 31.2. The van der Waals surface area contributed by atoms with Gasteiger partial charge >= 0.3 is 39.5 Å². The Morgan fingerprint density at radius 3 is 0.664 bits per heavy atom. The zero-order chi connectivity index (χ0) is 78.8. The van der Waals surface area contributed by atoms with Crippen molar-refractivity contribution in [2.24, 2.45) is 23.7 Å². The first-order valence-corrected chi connectivity index (χ1v) is 48.3. The quantitative estimate of drug-likeness (QED) is 0.0222. The molecule has 107 heavy (non-hydrogen) atoms. The summed E-state index contributed by atoms with van der Waals surface area (Å²) in [6.45, 7) is 14.4. The maximum atomic E-state index is 13.1. The number of esters is 4. The Morgan fingerprint density at radius 1 is 0.262 bits per heavy atom. The average Bonchev–Trinajstić information content (AvgIpc) is 0.899. The van der Waals surface area contributed by atoms with Crippen molar-refractivity contribution in [2.45, 2.75) is 478 Å². The Morgan fingerprint density at radius 2 is 0.449 bits per heavy atom. The molecule has 0 aromatic heterocycles. The Kier molecular flexibility index (Phi) is 75.3. The largest absolute Gasteiger partial charge is 0.472 e. The second kappa shape index (κ2) is 76.7. The van der Waals surface area contributed by atoms with E-state index in [-0.39, 0.29) is 25.7 Å². The van der Waals surface area contributed by atoms with Crippen molar-refractivity contribution in [2.75, 3.05) is 39.6 Å². The van der Waals surface area contributed by atoms with Gasteiger partial charge in [0.1, 0.15) is 19.3 Å². The third kappa shape index (κ3) is 79.1. The van der Waals surface area contributed by atoms with Crippen molar-refractivity contribution in [3.05, 3.63) is 0 Å². The lowest BCUT2D eigenvalue weighted by atomic mass is 9.99. The van der Waals surface area contributed by atoms with Crippen LogP contribution < -0.4 is 0 Å². The molecule has 19 heteroatoms. The summed E-state index contributed by atoms with van der Waals surface area (Å²) in [4.78, 5) is 73.2. The summed E-state index contributed by atoms with van der Waals surface area (Å²) in [7, 11) is -9.93. The second-order valence-electron chi connectivity index (χ2n) is 33.1. The number of phosphoric acid groups is 2. The smallest absolute Gasteiger partial charge is 0.462 e. The Hall–Kier alpha value is -1.94. The lowest BCUT2D eigenvalue weighted by Gasteiger charge is -2.21. The summed E-state index contributed by atoms with van der Waals surface area (Å²) in [5.74, 6) is 1.09. The fraction of sp³-hybridized carbons (Fsp3) is 0.955. The van der Waals surface area contributed by atoms with Crippen LogP contribution >= 0.6 is 15.6 Å². The molecule has 0 heterocycles. The molecule has 3 N–H and O–H groups in total. The fourth-order valence-corrected chi connectivity index (χ4v) is 15.2. The molecule has 0 radical (unpaired) electrons. The van der Waals surface area contributed by atoms with Gasteiger partial charge in [-0.25, -0.2) is 9.13 Å². The van der Waals surface area contributed by atoms with Crippen LogP contribution in [0.15, 0.2) is 0 Å². The van der Waals surface area contributed by atoms with Gasteiger partial charge in [-0.05, 0) is 49.4 Å². The van der Waals surface area contributed by atoms with Gasteiger partial charge in [0, 0.05) is 25.7 Å². The van der Waals surface area contributed by atoms with E-state index in [4.69, 9.17) is 37.0 Å². The number of carbonyl (C=O) groups is 4. The molecule has 0 aliphatic carbocycles. The number of ether oxygens (including phenoxy) is 4. The summed E-state index contributed by atoms with van der Waals surface area (Å²) < 4.78 is 68.9. The van der Waals surface area contributed by atoms with E-state index in [1.165, 1.54) is 257 Å². The van der Waals surface area contributed by atoms with Crippen molar-refractivity contribution >= 4 is 39.5 Å². The number of rotatable bonds is 85. The molecule has 0 saturated heterocycles. The van der Waals surface area contributed by atoms with E-state index in [1.54, 1.807) is 0 Å². The Bertz CT molecular complexity index is 2080. The van der Waals surface area contributed by atoms with E-state index in [0.717, 1.165) is 114 Å². The molecule has 7 atom stereocenters. The third-order valence-electron chi connectivity index (χ3n) is 21.3. The standard InChI is InChI=1S/C88H172O17P2/c1-9-80(7)66-58-50-42-34-27-23-19-15-11-13-17-21-25-29-36-44-52-60-68-85(90)98-74-83(104-88(93)71-63-55-46-38-32-31-33-40-48-56-64-78(3)4)76-102-106(94,95)100-72-82(89)73-101-107(96,97)103-77-84(75-99-86(91)69-61-53-47-39-41-49-57-65-79(5)6)105-87(92)70-62-54-45-37-30-26-22-18-14-12-16-20-24-28-35-43-51-59-67-81(8)10-2/h78-84,89H,9-77H2,1-8H3,(H,94,95)(H,96,97)/t80?,81?,82?,83-,84-/m1/s1. The van der Waals surface area contributed by atoms with E-state index >= 15 is 0 Å². The molecule has 0 aliphatic rings. The lowest BCUT2D eigenvalue weighted by molar-refractivity contribution is -0.161. The maximum absolute atomic E-state index is 13.1. The number of unbranched alkanes of at least 4 members (excludes halogenated alkanes) is 49. The molecule has 0 rings (SSSR count). The van der Waals surface area contributed by atoms with Crippen molar-refractivity contribution in [3.8, 4) is 0 Å². The zero-order valence-electron chi connectivity index (χ0n) is 70.8. The van der Waals surface area contributed by atoms with Gasteiger partial charge in [-0.2, -0.15) is 0 Å². The number of aliphatic hydroxyl groups excluding tert-OH is 1. The van der Waals surface area contributed by atoms with Crippen LogP contribution in [0.2, 0.25) is 0 Å². The van der Waals surface area contributed by atoms with Crippen LogP contribution in [0.25, 0.3) is 0 Å². The predicted octanol–water partition coefficient (Wildman–Crippen LogP) is 26.7. The van der Waals surface area contributed by atoms with Crippen LogP contribution in [-0.2, 0) is 65.4 Å². The van der Waals surface area contributed by atoms with Crippen LogP contribution in [0.5, 0.6) is 0 Å². The first-order valence-electron chi connectivity index (χ1n) is 45.3. The van der Waals surface area contributed by atoms with Crippen molar-refractivity contribution in [1.82, 2.24) is 0 Å².